The third kappa shape index (κ3) is 5.25. The zero-order valence-corrected chi connectivity index (χ0v) is 13.1. The largest absolute Gasteiger partial charge is 0.337 e. The Morgan fingerprint density at radius 3 is 2.90 bits per heavy atom. The minimum Gasteiger partial charge on any atom is -0.337 e. The average molecular weight is 278 g/mol. The molecule has 0 radical (unpaired) electrons. The number of aryl methyl sites for hydroxylation is 1. The number of likely N-dealkylation sites (tertiary alicyclic amines) is 1. The lowest BCUT2D eigenvalue weighted by molar-refractivity contribution is 0.229. The number of hydrogen-bond donors (Lipinski definition) is 1. The molecule has 1 aromatic heterocycles. The summed E-state index contributed by atoms with van der Waals surface area (Å²) in [7, 11) is 0. The summed E-state index contributed by atoms with van der Waals surface area (Å²) in [6.07, 6.45) is 12.3. The van der Waals surface area contributed by atoms with Crippen LogP contribution in [0.4, 0.5) is 0 Å². The Hall–Kier alpha value is -0.870. The van der Waals surface area contributed by atoms with E-state index in [-0.39, 0.29) is 0 Å². The molecule has 114 valence electrons. The molecule has 1 aliphatic rings. The molecular formula is C16H30N4. The Morgan fingerprint density at radius 1 is 1.25 bits per heavy atom. The van der Waals surface area contributed by atoms with Crippen molar-refractivity contribution in [3.05, 3.63) is 18.7 Å². The van der Waals surface area contributed by atoms with Crippen molar-refractivity contribution >= 4 is 0 Å². The van der Waals surface area contributed by atoms with E-state index in [2.05, 4.69) is 33.6 Å². The van der Waals surface area contributed by atoms with Crippen LogP contribution in [0.15, 0.2) is 18.7 Å². The summed E-state index contributed by atoms with van der Waals surface area (Å²) in [6, 6.07) is 1.43. The molecule has 0 saturated carbocycles. The molecule has 1 atom stereocenters. The molecule has 4 heteroatoms. The molecule has 20 heavy (non-hydrogen) atoms. The quantitative estimate of drug-likeness (QED) is 0.778. The highest BCUT2D eigenvalue weighted by Crippen LogP contribution is 2.13. The number of rotatable bonds is 7. The van der Waals surface area contributed by atoms with E-state index in [9.17, 15) is 0 Å². The van der Waals surface area contributed by atoms with Crippen LogP contribution in [-0.4, -0.2) is 46.2 Å². The van der Waals surface area contributed by atoms with E-state index in [0.717, 1.165) is 19.1 Å². The second-order valence-electron chi connectivity index (χ2n) is 6.22. The minimum absolute atomic E-state index is 0.698. The first-order valence-electron chi connectivity index (χ1n) is 8.19. The van der Waals surface area contributed by atoms with Crippen LogP contribution in [0.5, 0.6) is 0 Å². The van der Waals surface area contributed by atoms with Gasteiger partial charge in [-0.05, 0) is 65.6 Å². The second-order valence-corrected chi connectivity index (χ2v) is 6.22. The maximum Gasteiger partial charge on any atom is 0.0945 e. The Kier molecular flexibility index (Phi) is 6.54. The molecule has 0 amide bonds. The lowest BCUT2D eigenvalue weighted by Gasteiger charge is -2.24. The normalized spacial score (nSPS) is 21.2. The Morgan fingerprint density at radius 2 is 2.15 bits per heavy atom. The molecule has 2 heterocycles. The van der Waals surface area contributed by atoms with Crippen LogP contribution in [-0.2, 0) is 6.54 Å². The number of nitrogens with one attached hydrogen (secondary N) is 1. The molecule has 1 aliphatic heterocycles. The SMILES string of the molecule is CC(C)N1CCCC(NCCCCn2ccnc2)CC1. The highest BCUT2D eigenvalue weighted by molar-refractivity contribution is 4.77. The van der Waals surface area contributed by atoms with Gasteiger partial charge in [0, 0.05) is 31.0 Å². The van der Waals surface area contributed by atoms with Gasteiger partial charge in [-0.1, -0.05) is 0 Å². The summed E-state index contributed by atoms with van der Waals surface area (Å²) in [6.45, 7) is 9.39. The van der Waals surface area contributed by atoms with Gasteiger partial charge in [-0.15, -0.1) is 0 Å². The lowest BCUT2D eigenvalue weighted by atomic mass is 10.1. The highest BCUT2D eigenvalue weighted by Gasteiger charge is 2.17. The van der Waals surface area contributed by atoms with E-state index in [4.69, 9.17) is 0 Å². The molecule has 0 bridgehead atoms. The first kappa shape index (κ1) is 15.5. The van der Waals surface area contributed by atoms with Crippen molar-refractivity contribution in [1.82, 2.24) is 19.8 Å². The topological polar surface area (TPSA) is 33.1 Å². The van der Waals surface area contributed by atoms with E-state index in [1.165, 1.54) is 45.2 Å². The number of hydrogen-bond acceptors (Lipinski definition) is 3. The monoisotopic (exact) mass is 278 g/mol. The number of imidazole rings is 1. The van der Waals surface area contributed by atoms with Crippen molar-refractivity contribution in [3.63, 3.8) is 0 Å². The summed E-state index contributed by atoms with van der Waals surface area (Å²) in [5.41, 5.74) is 0. The molecule has 4 nitrogen and oxygen atoms in total. The smallest absolute Gasteiger partial charge is 0.0945 e. The van der Waals surface area contributed by atoms with Crippen LogP contribution in [0.25, 0.3) is 0 Å². The van der Waals surface area contributed by atoms with Crippen molar-refractivity contribution in [2.24, 2.45) is 0 Å². The van der Waals surface area contributed by atoms with Gasteiger partial charge in [0.15, 0.2) is 0 Å². The van der Waals surface area contributed by atoms with Gasteiger partial charge in [-0.2, -0.15) is 0 Å². The van der Waals surface area contributed by atoms with Crippen molar-refractivity contribution in [1.29, 1.82) is 0 Å². The molecule has 1 saturated heterocycles. The maximum atomic E-state index is 4.07. The molecule has 0 spiro atoms. The van der Waals surface area contributed by atoms with Crippen LogP contribution >= 0.6 is 0 Å². The zero-order chi connectivity index (χ0) is 14.2. The fourth-order valence-corrected chi connectivity index (χ4v) is 2.98. The number of nitrogens with zero attached hydrogens (tertiary/aromatic N) is 3. The maximum absolute atomic E-state index is 4.07. The standard InChI is InChI=1S/C16H30N4/c1-15(2)20-11-5-6-16(7-12-20)18-8-3-4-10-19-13-9-17-14-19/h9,13-16,18H,3-8,10-12H2,1-2H3. The molecule has 1 aromatic rings. The molecule has 0 aromatic carbocycles. The summed E-state index contributed by atoms with van der Waals surface area (Å²) in [5, 5.41) is 3.75. The van der Waals surface area contributed by atoms with Gasteiger partial charge >= 0.3 is 0 Å². The van der Waals surface area contributed by atoms with E-state index in [0.29, 0.717) is 6.04 Å². The molecular weight excluding hydrogens is 248 g/mol. The Balaban J connectivity index is 1.55. The van der Waals surface area contributed by atoms with Gasteiger partial charge in [0.1, 0.15) is 0 Å². The Labute approximate surface area is 123 Å². The summed E-state index contributed by atoms with van der Waals surface area (Å²) < 4.78 is 2.16. The van der Waals surface area contributed by atoms with E-state index >= 15 is 0 Å². The predicted octanol–water partition coefficient (Wildman–Crippen LogP) is 2.52. The van der Waals surface area contributed by atoms with Gasteiger partial charge in [0.05, 0.1) is 6.33 Å². The van der Waals surface area contributed by atoms with Gasteiger partial charge in [0.25, 0.3) is 0 Å². The first-order chi connectivity index (χ1) is 9.75. The van der Waals surface area contributed by atoms with Gasteiger partial charge in [0.2, 0.25) is 0 Å². The Bertz CT molecular complexity index is 347. The fraction of sp³-hybridized carbons (Fsp3) is 0.812. The van der Waals surface area contributed by atoms with Crippen LogP contribution in [0.3, 0.4) is 0 Å². The van der Waals surface area contributed by atoms with E-state index in [1.807, 2.05) is 18.7 Å². The second kappa shape index (κ2) is 8.42. The third-order valence-corrected chi connectivity index (χ3v) is 4.33. The van der Waals surface area contributed by atoms with Gasteiger partial charge < -0.3 is 14.8 Å². The van der Waals surface area contributed by atoms with Crippen molar-refractivity contribution in [2.45, 2.75) is 64.6 Å². The minimum atomic E-state index is 0.698. The zero-order valence-electron chi connectivity index (χ0n) is 13.1. The molecule has 0 aliphatic carbocycles. The molecule has 1 N–H and O–H groups in total. The average Bonchev–Trinajstić information content (AvgIpc) is 2.82. The highest BCUT2D eigenvalue weighted by atomic mass is 15.1. The summed E-state index contributed by atoms with van der Waals surface area (Å²) >= 11 is 0. The molecule has 2 rings (SSSR count). The fourth-order valence-electron chi connectivity index (χ4n) is 2.98. The van der Waals surface area contributed by atoms with Crippen LogP contribution < -0.4 is 5.32 Å². The first-order valence-corrected chi connectivity index (χ1v) is 8.19. The van der Waals surface area contributed by atoms with E-state index < -0.39 is 0 Å². The summed E-state index contributed by atoms with van der Waals surface area (Å²) in [4.78, 5) is 6.68. The predicted molar refractivity (Wildman–Crippen MR) is 83.8 cm³/mol. The van der Waals surface area contributed by atoms with Crippen molar-refractivity contribution in [3.8, 4) is 0 Å². The number of unbranched alkanes of at least 4 members (excludes halogenated alkanes) is 1. The van der Waals surface area contributed by atoms with Gasteiger partial charge in [-0.25, -0.2) is 4.98 Å². The van der Waals surface area contributed by atoms with E-state index in [1.54, 1.807) is 0 Å². The van der Waals surface area contributed by atoms with Crippen LogP contribution in [0.1, 0.15) is 46.0 Å². The van der Waals surface area contributed by atoms with Crippen molar-refractivity contribution in [2.75, 3.05) is 19.6 Å². The summed E-state index contributed by atoms with van der Waals surface area (Å²) in [5.74, 6) is 0. The van der Waals surface area contributed by atoms with Crippen LogP contribution in [0.2, 0.25) is 0 Å². The van der Waals surface area contributed by atoms with Crippen molar-refractivity contribution < 1.29 is 0 Å². The molecule has 1 fully saturated rings. The van der Waals surface area contributed by atoms with Gasteiger partial charge in [-0.3, -0.25) is 0 Å². The van der Waals surface area contributed by atoms with Crippen LogP contribution in [0, 0.1) is 0 Å². The molecule has 1 unspecified atom stereocenters. The number of aromatic nitrogens is 2. The lowest BCUT2D eigenvalue weighted by Crippen LogP contribution is -2.34. The third-order valence-electron chi connectivity index (χ3n) is 4.33.